The van der Waals surface area contributed by atoms with Gasteiger partial charge >= 0.3 is 0 Å². The van der Waals surface area contributed by atoms with Gasteiger partial charge in [0.1, 0.15) is 5.83 Å². The Morgan fingerprint density at radius 2 is 1.55 bits per heavy atom. The average molecular weight is 291 g/mol. The van der Waals surface area contributed by atoms with Crippen molar-refractivity contribution in [2.24, 2.45) is 0 Å². The zero-order chi connectivity index (χ0) is 15.4. The van der Waals surface area contributed by atoms with Gasteiger partial charge in [0.25, 0.3) is 5.91 Å². The molecule has 3 rings (SSSR count). The van der Waals surface area contributed by atoms with Gasteiger partial charge in [-0.25, -0.2) is 4.39 Å². The van der Waals surface area contributed by atoms with E-state index in [0.29, 0.717) is 11.3 Å². The van der Waals surface area contributed by atoms with E-state index in [1.54, 1.807) is 36.4 Å². The van der Waals surface area contributed by atoms with Crippen molar-refractivity contribution in [3.8, 4) is 0 Å². The van der Waals surface area contributed by atoms with E-state index in [1.165, 1.54) is 0 Å². The van der Waals surface area contributed by atoms with Gasteiger partial charge in [-0.15, -0.1) is 0 Å². The molecule has 0 aliphatic heterocycles. The van der Waals surface area contributed by atoms with Crippen LogP contribution in [0, 0.1) is 0 Å². The van der Waals surface area contributed by atoms with Crippen LogP contribution in [0.15, 0.2) is 78.9 Å². The van der Waals surface area contributed by atoms with Gasteiger partial charge in [0.2, 0.25) is 0 Å². The lowest BCUT2D eigenvalue weighted by Crippen LogP contribution is -2.08. The predicted octanol–water partition coefficient (Wildman–Crippen LogP) is 4.79. The number of hydrogen-bond acceptors (Lipinski definition) is 1. The number of anilines is 1. The summed E-state index contributed by atoms with van der Waals surface area (Å²) in [7, 11) is 0. The second-order valence-corrected chi connectivity index (χ2v) is 4.87. The smallest absolute Gasteiger partial charge is 0.251 e. The molecule has 22 heavy (non-hydrogen) atoms. The molecule has 0 saturated carbocycles. The van der Waals surface area contributed by atoms with Crippen molar-refractivity contribution in [1.29, 1.82) is 0 Å². The fraction of sp³-hybridized carbons (Fsp3) is 0. The summed E-state index contributed by atoms with van der Waals surface area (Å²) >= 11 is 0. The second-order valence-electron chi connectivity index (χ2n) is 4.87. The van der Waals surface area contributed by atoms with Crippen LogP contribution < -0.4 is 5.32 Å². The van der Waals surface area contributed by atoms with E-state index in [1.807, 2.05) is 36.4 Å². The zero-order valence-electron chi connectivity index (χ0n) is 11.8. The number of carbonyl (C=O) groups excluding carboxylic acids is 1. The number of amides is 1. The molecule has 0 aliphatic rings. The minimum absolute atomic E-state index is 0.418. The zero-order valence-corrected chi connectivity index (χ0v) is 11.8. The van der Waals surface area contributed by atoms with Gasteiger partial charge in [-0.3, -0.25) is 4.79 Å². The van der Waals surface area contributed by atoms with Crippen LogP contribution >= 0.6 is 0 Å². The van der Waals surface area contributed by atoms with Crippen LogP contribution in [0.25, 0.3) is 16.6 Å². The molecule has 108 valence electrons. The van der Waals surface area contributed by atoms with Gasteiger partial charge < -0.3 is 5.32 Å². The van der Waals surface area contributed by atoms with E-state index in [2.05, 4.69) is 5.32 Å². The van der Waals surface area contributed by atoms with Crippen molar-refractivity contribution >= 4 is 28.2 Å². The molecule has 1 amide bonds. The van der Waals surface area contributed by atoms with Crippen molar-refractivity contribution < 1.29 is 9.18 Å². The third-order valence-electron chi connectivity index (χ3n) is 3.35. The number of hydrogen-bond donors (Lipinski definition) is 1. The highest BCUT2D eigenvalue weighted by Crippen LogP contribution is 2.25. The fourth-order valence-electron chi connectivity index (χ4n) is 2.33. The maximum Gasteiger partial charge on any atom is 0.251 e. The summed E-state index contributed by atoms with van der Waals surface area (Å²) < 4.78 is 14.4. The Labute approximate surface area is 127 Å². The Bertz CT molecular complexity index is 835. The molecule has 0 fully saturated rings. The van der Waals surface area contributed by atoms with Crippen LogP contribution in [0.2, 0.25) is 0 Å². The Kier molecular flexibility index (Phi) is 3.97. The summed E-state index contributed by atoms with van der Waals surface area (Å²) in [6.07, 6.45) is 0.981. The highest BCUT2D eigenvalue weighted by atomic mass is 19.1. The molecular weight excluding hydrogens is 277 g/mol. The summed E-state index contributed by atoms with van der Waals surface area (Å²) in [4.78, 5) is 11.9. The molecule has 2 nitrogen and oxygen atoms in total. The van der Waals surface area contributed by atoms with Gasteiger partial charge in [-0.1, -0.05) is 60.7 Å². The Morgan fingerprint density at radius 3 is 2.36 bits per heavy atom. The van der Waals surface area contributed by atoms with Gasteiger partial charge in [-0.05, 0) is 22.9 Å². The molecule has 3 heteroatoms. The van der Waals surface area contributed by atoms with Crippen molar-refractivity contribution in [3.63, 3.8) is 0 Å². The van der Waals surface area contributed by atoms with E-state index >= 15 is 0 Å². The maximum atomic E-state index is 14.4. The molecule has 0 radical (unpaired) electrons. The molecule has 0 bridgehead atoms. The number of benzene rings is 3. The highest BCUT2D eigenvalue weighted by molar-refractivity contribution is 6.05. The first-order valence-corrected chi connectivity index (χ1v) is 6.95. The van der Waals surface area contributed by atoms with E-state index in [-0.39, 0.29) is 0 Å². The van der Waals surface area contributed by atoms with E-state index in [4.69, 9.17) is 0 Å². The number of halogens is 1. The summed E-state index contributed by atoms with van der Waals surface area (Å²) in [5, 5.41) is 4.36. The average Bonchev–Trinajstić information content (AvgIpc) is 2.55. The van der Waals surface area contributed by atoms with Crippen LogP contribution in [-0.2, 0) is 4.79 Å². The van der Waals surface area contributed by atoms with Crippen LogP contribution in [-0.4, -0.2) is 5.91 Å². The minimum Gasteiger partial charge on any atom is -0.322 e. The quantitative estimate of drug-likeness (QED) is 0.691. The molecule has 3 aromatic rings. The normalized spacial score (nSPS) is 11.4. The van der Waals surface area contributed by atoms with E-state index in [9.17, 15) is 9.18 Å². The lowest BCUT2D eigenvalue weighted by Gasteiger charge is -2.05. The van der Waals surface area contributed by atoms with Gasteiger partial charge in [-0.2, -0.15) is 0 Å². The molecule has 3 aromatic carbocycles. The van der Waals surface area contributed by atoms with Crippen molar-refractivity contribution in [1.82, 2.24) is 0 Å². The number of nitrogens with one attached hydrogen (secondary N) is 1. The molecule has 0 saturated heterocycles. The maximum absolute atomic E-state index is 14.4. The van der Waals surface area contributed by atoms with Crippen molar-refractivity contribution in [3.05, 3.63) is 84.4 Å². The van der Waals surface area contributed by atoms with Gasteiger partial charge in [0, 0.05) is 17.3 Å². The molecule has 0 atom stereocenters. The summed E-state index contributed by atoms with van der Waals surface area (Å²) in [5.74, 6) is -1.04. The molecule has 0 aliphatic carbocycles. The van der Waals surface area contributed by atoms with Crippen molar-refractivity contribution in [2.45, 2.75) is 0 Å². The van der Waals surface area contributed by atoms with Crippen LogP contribution in [0.3, 0.4) is 0 Å². The van der Waals surface area contributed by atoms with Crippen LogP contribution in [0.1, 0.15) is 5.56 Å². The van der Waals surface area contributed by atoms with Gasteiger partial charge in [0.05, 0.1) is 0 Å². The van der Waals surface area contributed by atoms with E-state index in [0.717, 1.165) is 16.8 Å². The van der Waals surface area contributed by atoms with Crippen LogP contribution in [0.4, 0.5) is 10.1 Å². The predicted molar refractivity (Wildman–Crippen MR) is 88.1 cm³/mol. The molecule has 0 heterocycles. The van der Waals surface area contributed by atoms with E-state index < -0.39 is 11.7 Å². The molecule has 0 unspecified atom stereocenters. The molecule has 0 spiro atoms. The topological polar surface area (TPSA) is 29.1 Å². The Hall–Kier alpha value is -2.94. The number of fused-ring (bicyclic) bond motifs is 1. The van der Waals surface area contributed by atoms with Gasteiger partial charge in [0.15, 0.2) is 0 Å². The Morgan fingerprint density at radius 1 is 0.864 bits per heavy atom. The third-order valence-corrected chi connectivity index (χ3v) is 3.35. The SMILES string of the molecule is O=C(/C=C(/F)c1cccc2ccccc12)Nc1ccccc1. The summed E-state index contributed by atoms with van der Waals surface area (Å²) in [5.41, 5.74) is 1.05. The number of para-hydroxylation sites is 1. The first-order valence-electron chi connectivity index (χ1n) is 6.95. The lowest BCUT2D eigenvalue weighted by molar-refractivity contribution is -0.111. The third kappa shape index (κ3) is 3.04. The number of rotatable bonds is 3. The first-order chi connectivity index (χ1) is 10.7. The highest BCUT2D eigenvalue weighted by Gasteiger charge is 2.08. The largest absolute Gasteiger partial charge is 0.322 e. The second kappa shape index (κ2) is 6.22. The molecule has 0 aromatic heterocycles. The number of carbonyl (C=O) groups is 1. The summed E-state index contributed by atoms with van der Waals surface area (Å²) in [6.45, 7) is 0. The fourth-order valence-corrected chi connectivity index (χ4v) is 2.33. The minimum atomic E-state index is -0.551. The van der Waals surface area contributed by atoms with Crippen molar-refractivity contribution in [2.75, 3.05) is 5.32 Å². The first kappa shape index (κ1) is 14.0. The molecule has 1 N–H and O–H groups in total. The molecular formula is C19H14FNO. The van der Waals surface area contributed by atoms with Crippen LogP contribution in [0.5, 0.6) is 0 Å². The standard InChI is InChI=1S/C19H14FNO/c20-18(13-19(22)21-15-9-2-1-3-10-15)17-12-6-8-14-7-4-5-11-16(14)17/h1-13H,(H,21,22)/b18-13+. The monoisotopic (exact) mass is 291 g/mol. The Balaban J connectivity index is 1.89. The summed E-state index contributed by atoms with van der Waals surface area (Å²) in [6, 6.07) is 21.8. The lowest BCUT2D eigenvalue weighted by atomic mass is 10.0.